The second-order valence-electron chi connectivity index (χ2n) is 11.1. The number of benzene rings is 2. The third-order valence-electron chi connectivity index (χ3n) is 8.30. The van der Waals surface area contributed by atoms with E-state index in [0.29, 0.717) is 12.8 Å². The van der Waals surface area contributed by atoms with Crippen molar-refractivity contribution < 1.29 is 19.1 Å². The van der Waals surface area contributed by atoms with Crippen LogP contribution in [0.5, 0.6) is 0 Å². The lowest BCUT2D eigenvalue weighted by molar-refractivity contribution is -0.176. The summed E-state index contributed by atoms with van der Waals surface area (Å²) in [6.07, 6.45) is 8.52. The molecule has 2 fully saturated rings. The van der Waals surface area contributed by atoms with Crippen molar-refractivity contribution in [3.63, 3.8) is 0 Å². The van der Waals surface area contributed by atoms with E-state index in [2.05, 4.69) is 65.1 Å². The monoisotopic (exact) mass is 516 g/mol. The zero-order valence-electron chi connectivity index (χ0n) is 23.5. The van der Waals surface area contributed by atoms with Crippen molar-refractivity contribution in [2.75, 3.05) is 0 Å². The molecule has 2 aromatic carbocycles. The van der Waals surface area contributed by atoms with Crippen LogP contribution in [0.25, 0.3) is 0 Å². The molecule has 2 aromatic rings. The molecule has 2 aliphatic rings. The lowest BCUT2D eigenvalue weighted by Crippen LogP contribution is -2.47. The highest BCUT2D eigenvalue weighted by Gasteiger charge is 2.47. The van der Waals surface area contributed by atoms with E-state index < -0.39 is 11.2 Å². The minimum Gasteiger partial charge on any atom is -0.458 e. The van der Waals surface area contributed by atoms with Gasteiger partial charge in [0, 0.05) is 24.7 Å². The molecule has 0 spiro atoms. The summed E-state index contributed by atoms with van der Waals surface area (Å²) in [6, 6.07) is 20.4. The molecule has 2 aliphatic heterocycles. The molecule has 4 nitrogen and oxygen atoms in total. The number of carbonyl (C=O) groups excluding carboxylic acids is 2. The zero-order valence-corrected chi connectivity index (χ0v) is 23.5. The summed E-state index contributed by atoms with van der Waals surface area (Å²) in [4.78, 5) is 23.6. The van der Waals surface area contributed by atoms with E-state index in [0.717, 1.165) is 25.7 Å². The fourth-order valence-corrected chi connectivity index (χ4v) is 6.17. The Morgan fingerprint density at radius 1 is 0.658 bits per heavy atom. The predicted octanol–water partition coefficient (Wildman–Crippen LogP) is 8.16. The van der Waals surface area contributed by atoms with Crippen molar-refractivity contribution in [1.82, 2.24) is 0 Å². The second kappa shape index (κ2) is 13.1. The quantitative estimate of drug-likeness (QED) is 0.262. The van der Waals surface area contributed by atoms with Crippen molar-refractivity contribution in [1.29, 1.82) is 0 Å². The molecule has 0 amide bonds. The molecular weight excluding hydrogens is 472 g/mol. The van der Waals surface area contributed by atoms with Crippen LogP contribution in [0.1, 0.15) is 89.2 Å². The summed E-state index contributed by atoms with van der Waals surface area (Å²) in [5.74, 6) is 0.473. The highest BCUT2D eigenvalue weighted by atomic mass is 16.6. The fraction of sp³-hybridized carbons (Fsp3) is 0.471. The molecule has 0 saturated carbocycles. The topological polar surface area (TPSA) is 52.6 Å². The van der Waals surface area contributed by atoms with Crippen LogP contribution in [0.4, 0.5) is 0 Å². The molecule has 2 saturated heterocycles. The smallest absolute Gasteiger partial charge is 0.306 e. The summed E-state index contributed by atoms with van der Waals surface area (Å²) in [7, 11) is 0. The Balaban J connectivity index is 0.000000211. The van der Waals surface area contributed by atoms with E-state index in [1.54, 1.807) is 0 Å². The largest absolute Gasteiger partial charge is 0.458 e. The Morgan fingerprint density at radius 2 is 1.00 bits per heavy atom. The summed E-state index contributed by atoms with van der Waals surface area (Å²) < 4.78 is 11.7. The van der Waals surface area contributed by atoms with Crippen LogP contribution in [0.15, 0.2) is 86.0 Å². The molecule has 4 atom stereocenters. The molecule has 0 unspecified atom stereocenters. The van der Waals surface area contributed by atoms with Gasteiger partial charge in [0.1, 0.15) is 11.2 Å². The maximum absolute atomic E-state index is 11.8. The van der Waals surface area contributed by atoms with Gasteiger partial charge in [-0.15, -0.1) is 13.2 Å². The Hall–Kier alpha value is -3.14. The standard InChI is InChI=1S/2C17H22O2/c2*1-4-15(14-9-6-5-7-10-14)17(13(2)3)12-8-11-16(18)19-17/h2*4-7,9-10,13,15H,1,8,11-12H2,2-3H3/t2*15-,17-/m11/s1. The Labute approximate surface area is 229 Å². The second-order valence-corrected chi connectivity index (χ2v) is 11.1. The van der Waals surface area contributed by atoms with Crippen molar-refractivity contribution in [3.05, 3.63) is 97.1 Å². The number of ether oxygens (including phenoxy) is 2. The first-order valence-electron chi connectivity index (χ1n) is 14.0. The molecule has 2 heterocycles. The normalized spacial score (nSPS) is 24.9. The van der Waals surface area contributed by atoms with E-state index in [1.807, 2.05) is 48.6 Å². The predicted molar refractivity (Wildman–Crippen MR) is 154 cm³/mol. The van der Waals surface area contributed by atoms with Gasteiger partial charge in [0.2, 0.25) is 0 Å². The van der Waals surface area contributed by atoms with Crippen molar-refractivity contribution >= 4 is 11.9 Å². The first-order chi connectivity index (χ1) is 18.2. The summed E-state index contributed by atoms with van der Waals surface area (Å²) in [6.45, 7) is 16.4. The van der Waals surface area contributed by atoms with E-state index in [1.165, 1.54) is 11.1 Å². The van der Waals surface area contributed by atoms with Gasteiger partial charge in [0.05, 0.1) is 0 Å². The molecule has 4 heteroatoms. The van der Waals surface area contributed by atoms with E-state index in [-0.39, 0.29) is 35.6 Å². The Bertz CT molecular complexity index is 987. The molecule has 0 N–H and O–H groups in total. The first-order valence-corrected chi connectivity index (χ1v) is 14.0. The number of rotatable bonds is 8. The first kappa shape index (κ1) is 29.4. The third-order valence-corrected chi connectivity index (χ3v) is 8.30. The fourth-order valence-electron chi connectivity index (χ4n) is 6.17. The average Bonchev–Trinajstić information content (AvgIpc) is 2.91. The maximum Gasteiger partial charge on any atom is 0.306 e. The lowest BCUT2D eigenvalue weighted by atomic mass is 9.71. The minimum atomic E-state index is -0.446. The van der Waals surface area contributed by atoms with Crippen LogP contribution >= 0.6 is 0 Å². The zero-order chi connectivity index (χ0) is 27.8. The molecule has 0 bridgehead atoms. The van der Waals surface area contributed by atoms with Gasteiger partial charge < -0.3 is 9.47 Å². The van der Waals surface area contributed by atoms with E-state index in [4.69, 9.17) is 9.47 Å². The number of esters is 2. The molecule has 204 valence electrons. The highest BCUT2D eigenvalue weighted by molar-refractivity contribution is 5.71. The SMILES string of the molecule is C=C[C@H](c1ccccc1)[C@]1(C(C)C)CCCC(=O)O1.C=C[C@H](c1ccccc1)[C@]1(C(C)C)CCCC(=O)O1. The van der Waals surface area contributed by atoms with Crippen molar-refractivity contribution in [2.24, 2.45) is 11.8 Å². The van der Waals surface area contributed by atoms with Crippen LogP contribution < -0.4 is 0 Å². The minimum absolute atomic E-state index is 0.0537. The highest BCUT2D eigenvalue weighted by Crippen LogP contribution is 2.45. The van der Waals surface area contributed by atoms with Crippen LogP contribution in [0, 0.1) is 11.8 Å². The molecule has 38 heavy (non-hydrogen) atoms. The Kier molecular flexibility index (Phi) is 10.1. The molecule has 0 aromatic heterocycles. The van der Waals surface area contributed by atoms with Gasteiger partial charge in [-0.2, -0.15) is 0 Å². The van der Waals surface area contributed by atoms with Crippen LogP contribution in [-0.2, 0) is 19.1 Å². The number of hydrogen-bond donors (Lipinski definition) is 0. The van der Waals surface area contributed by atoms with Gasteiger partial charge >= 0.3 is 11.9 Å². The number of cyclic esters (lactones) is 2. The molecule has 0 aliphatic carbocycles. The van der Waals surface area contributed by atoms with Crippen LogP contribution in [0.2, 0.25) is 0 Å². The summed E-state index contributed by atoms with van der Waals surface area (Å²) in [5, 5.41) is 0. The number of carbonyl (C=O) groups is 2. The molecular formula is C34H44O4. The van der Waals surface area contributed by atoms with E-state index in [9.17, 15) is 9.59 Å². The number of hydrogen-bond acceptors (Lipinski definition) is 4. The van der Waals surface area contributed by atoms with Gasteiger partial charge in [-0.25, -0.2) is 0 Å². The lowest BCUT2D eigenvalue weighted by Gasteiger charge is -2.45. The third kappa shape index (κ3) is 6.28. The summed E-state index contributed by atoms with van der Waals surface area (Å²) >= 11 is 0. The Morgan fingerprint density at radius 3 is 1.26 bits per heavy atom. The van der Waals surface area contributed by atoms with Gasteiger partial charge in [0.15, 0.2) is 0 Å². The molecule has 0 radical (unpaired) electrons. The van der Waals surface area contributed by atoms with Gasteiger partial charge in [0.25, 0.3) is 0 Å². The van der Waals surface area contributed by atoms with E-state index >= 15 is 0 Å². The van der Waals surface area contributed by atoms with Crippen molar-refractivity contribution in [2.45, 2.75) is 89.3 Å². The van der Waals surface area contributed by atoms with Crippen molar-refractivity contribution in [3.8, 4) is 0 Å². The van der Waals surface area contributed by atoms with Crippen LogP contribution in [0.3, 0.4) is 0 Å². The summed E-state index contributed by atoms with van der Waals surface area (Å²) in [5.41, 5.74) is 1.44. The average molecular weight is 517 g/mol. The molecule has 4 rings (SSSR count). The van der Waals surface area contributed by atoms with Gasteiger partial charge in [-0.1, -0.05) is 101 Å². The maximum atomic E-state index is 11.8. The van der Waals surface area contributed by atoms with Gasteiger partial charge in [-0.3, -0.25) is 9.59 Å². The van der Waals surface area contributed by atoms with Gasteiger partial charge in [-0.05, 0) is 48.6 Å². The van der Waals surface area contributed by atoms with Crippen LogP contribution in [-0.4, -0.2) is 23.1 Å².